The molecule has 1 aliphatic heterocycles. The van der Waals surface area contributed by atoms with E-state index in [1.165, 1.54) is 4.90 Å². The highest BCUT2D eigenvalue weighted by Crippen LogP contribution is 2.42. The Balaban J connectivity index is 1.77. The molecule has 1 fully saturated rings. The van der Waals surface area contributed by atoms with Gasteiger partial charge in [-0.1, -0.05) is 13.8 Å². The van der Waals surface area contributed by atoms with Crippen LogP contribution in [0.1, 0.15) is 60.8 Å². The Hall–Kier alpha value is -4.46. The number of carbonyl (C=O) groups is 3. The van der Waals surface area contributed by atoms with Gasteiger partial charge < -0.3 is 14.6 Å². The molecular weight excluding hydrogens is 496 g/mol. The molecule has 4 rings (SSSR count). The molecule has 2 aromatic carbocycles. The largest absolute Gasteiger partial charge is 0.507 e. The molecule has 1 amide bonds. The van der Waals surface area contributed by atoms with Gasteiger partial charge in [0.15, 0.2) is 0 Å². The molecule has 0 bridgehead atoms. The van der Waals surface area contributed by atoms with Crippen molar-refractivity contribution in [2.45, 2.75) is 46.8 Å². The van der Waals surface area contributed by atoms with Gasteiger partial charge in [-0.2, -0.15) is 0 Å². The van der Waals surface area contributed by atoms with Crippen LogP contribution in [0.5, 0.6) is 5.75 Å². The highest BCUT2D eigenvalue weighted by Gasteiger charge is 2.47. The second-order valence-corrected chi connectivity index (χ2v) is 10.1. The topological polar surface area (TPSA) is 106 Å². The molecule has 8 nitrogen and oxygen atoms in total. The second kappa shape index (κ2) is 11.5. The fourth-order valence-corrected chi connectivity index (χ4v) is 4.37. The minimum absolute atomic E-state index is 0.0373. The first-order valence-corrected chi connectivity index (χ1v) is 12.8. The molecule has 2 heterocycles. The molecule has 202 valence electrons. The van der Waals surface area contributed by atoms with Gasteiger partial charge >= 0.3 is 5.97 Å². The first-order valence-electron chi connectivity index (χ1n) is 12.8. The van der Waals surface area contributed by atoms with Gasteiger partial charge in [0.1, 0.15) is 11.5 Å². The summed E-state index contributed by atoms with van der Waals surface area (Å²) >= 11 is 0. The number of Topliss-reactive ketones (excluding diaryl/α,β-unsaturated/α-hetero) is 1. The normalized spacial score (nSPS) is 16.7. The first-order chi connectivity index (χ1) is 18.6. The summed E-state index contributed by atoms with van der Waals surface area (Å²) in [7, 11) is 0. The van der Waals surface area contributed by atoms with Gasteiger partial charge in [-0.25, -0.2) is 4.79 Å². The summed E-state index contributed by atoms with van der Waals surface area (Å²) in [4.78, 5) is 44.4. The molecule has 1 N–H and O–H groups in total. The number of rotatable bonds is 8. The highest BCUT2D eigenvalue weighted by atomic mass is 16.5. The van der Waals surface area contributed by atoms with Crippen LogP contribution in [0.2, 0.25) is 0 Å². The average molecular weight is 529 g/mol. The maximum absolute atomic E-state index is 13.4. The molecule has 1 unspecified atom stereocenters. The summed E-state index contributed by atoms with van der Waals surface area (Å²) in [5.74, 6) is -1.33. The third-order valence-electron chi connectivity index (χ3n) is 6.21. The third kappa shape index (κ3) is 5.85. The number of aliphatic hydroxyl groups is 1. The monoisotopic (exact) mass is 528 g/mol. The lowest BCUT2D eigenvalue weighted by molar-refractivity contribution is -0.132. The van der Waals surface area contributed by atoms with Crippen molar-refractivity contribution in [1.29, 1.82) is 0 Å². The van der Waals surface area contributed by atoms with Crippen LogP contribution < -0.4 is 9.64 Å². The Morgan fingerprint density at radius 3 is 2.21 bits per heavy atom. The number of hydrogen-bond donors (Lipinski definition) is 1. The van der Waals surface area contributed by atoms with Crippen molar-refractivity contribution in [2.75, 3.05) is 11.5 Å². The van der Waals surface area contributed by atoms with Crippen molar-refractivity contribution in [3.63, 3.8) is 0 Å². The molecule has 1 saturated heterocycles. The summed E-state index contributed by atoms with van der Waals surface area (Å²) in [5, 5.41) is 11.4. The molecule has 1 aliphatic rings. The van der Waals surface area contributed by atoms with E-state index < -0.39 is 23.7 Å². The number of esters is 1. The van der Waals surface area contributed by atoms with E-state index in [4.69, 9.17) is 9.47 Å². The van der Waals surface area contributed by atoms with Gasteiger partial charge in [0, 0.05) is 23.6 Å². The van der Waals surface area contributed by atoms with Gasteiger partial charge in [0.05, 0.1) is 29.9 Å². The summed E-state index contributed by atoms with van der Waals surface area (Å²) < 4.78 is 11.1. The lowest BCUT2D eigenvalue weighted by atomic mass is 9.95. The summed E-state index contributed by atoms with van der Waals surface area (Å²) in [6.07, 6.45) is 2.85. The zero-order valence-corrected chi connectivity index (χ0v) is 22.7. The van der Waals surface area contributed by atoms with Crippen LogP contribution in [0, 0.1) is 12.8 Å². The number of anilines is 1. The quantitative estimate of drug-likeness (QED) is 0.175. The van der Waals surface area contributed by atoms with E-state index in [1.54, 1.807) is 80.8 Å². The number of hydrogen-bond acceptors (Lipinski definition) is 7. The summed E-state index contributed by atoms with van der Waals surface area (Å²) in [6, 6.07) is 13.9. The van der Waals surface area contributed by atoms with Crippen LogP contribution in [-0.4, -0.2) is 40.5 Å². The van der Waals surface area contributed by atoms with Gasteiger partial charge in [-0.3, -0.25) is 19.5 Å². The molecular formula is C31H32N2O6. The third-order valence-corrected chi connectivity index (χ3v) is 6.21. The molecule has 0 saturated carbocycles. The standard InChI is InChI=1S/C31H32N2O6/c1-18(2)17-38-25-11-8-23(16-20(25)5)28(34)26-27(21-12-14-32-15-13-21)33(30(36)29(26)35)24-9-6-22(7-10-24)31(37)39-19(3)4/h6-16,18-19,27,34H,17H2,1-5H3/b28-26-. The van der Waals surface area contributed by atoms with Gasteiger partial charge in [-0.15, -0.1) is 0 Å². The Kier molecular flexibility index (Phi) is 8.14. The van der Waals surface area contributed by atoms with Crippen LogP contribution >= 0.6 is 0 Å². The lowest BCUT2D eigenvalue weighted by Crippen LogP contribution is -2.29. The van der Waals surface area contributed by atoms with E-state index in [2.05, 4.69) is 18.8 Å². The van der Waals surface area contributed by atoms with Crippen LogP contribution in [0.25, 0.3) is 5.76 Å². The van der Waals surface area contributed by atoms with E-state index in [9.17, 15) is 19.5 Å². The maximum atomic E-state index is 13.4. The number of pyridine rings is 1. The van der Waals surface area contributed by atoms with E-state index in [1.807, 2.05) is 6.92 Å². The molecule has 0 aliphatic carbocycles. The highest BCUT2D eigenvalue weighted by molar-refractivity contribution is 6.51. The van der Waals surface area contributed by atoms with Crippen molar-refractivity contribution in [1.82, 2.24) is 4.98 Å². The number of nitrogens with zero attached hydrogens (tertiary/aromatic N) is 2. The predicted octanol–water partition coefficient (Wildman–Crippen LogP) is 5.62. The molecule has 0 spiro atoms. The van der Waals surface area contributed by atoms with Crippen molar-refractivity contribution in [3.8, 4) is 5.75 Å². The number of amides is 1. The summed E-state index contributed by atoms with van der Waals surface area (Å²) in [6.45, 7) is 10.0. The SMILES string of the molecule is Cc1cc(/C(O)=C2/C(=O)C(=O)N(c3ccc(C(=O)OC(C)C)cc3)C2c2ccncc2)ccc1OCC(C)C. The number of benzene rings is 2. The number of ketones is 1. The van der Waals surface area contributed by atoms with Crippen LogP contribution in [0.3, 0.4) is 0 Å². The van der Waals surface area contributed by atoms with E-state index in [0.717, 1.165) is 5.56 Å². The lowest BCUT2D eigenvalue weighted by Gasteiger charge is -2.25. The maximum Gasteiger partial charge on any atom is 0.338 e. The molecule has 1 atom stereocenters. The van der Waals surface area contributed by atoms with Gasteiger partial charge in [-0.05, 0) is 92.4 Å². The summed E-state index contributed by atoms with van der Waals surface area (Å²) in [5.41, 5.74) is 2.46. The molecule has 8 heteroatoms. The van der Waals surface area contributed by atoms with Crippen molar-refractivity contribution >= 4 is 29.1 Å². The van der Waals surface area contributed by atoms with Gasteiger partial charge in [0.25, 0.3) is 11.7 Å². The first kappa shape index (κ1) is 27.6. The zero-order chi connectivity index (χ0) is 28.3. The fourth-order valence-electron chi connectivity index (χ4n) is 4.37. The fraction of sp³-hybridized carbons (Fsp3) is 0.290. The number of aryl methyl sites for hydroxylation is 1. The van der Waals surface area contributed by atoms with E-state index >= 15 is 0 Å². The molecule has 1 aromatic heterocycles. The van der Waals surface area contributed by atoms with Crippen molar-refractivity contribution < 1.29 is 29.0 Å². The minimum Gasteiger partial charge on any atom is -0.507 e. The zero-order valence-electron chi connectivity index (χ0n) is 22.7. The smallest absolute Gasteiger partial charge is 0.338 e. The predicted molar refractivity (Wildman–Crippen MR) is 148 cm³/mol. The minimum atomic E-state index is -0.904. The Morgan fingerprint density at radius 2 is 1.62 bits per heavy atom. The average Bonchev–Trinajstić information content (AvgIpc) is 3.17. The number of aromatic nitrogens is 1. The van der Waals surface area contributed by atoms with Crippen molar-refractivity contribution in [2.24, 2.45) is 5.92 Å². The molecule has 0 radical (unpaired) electrons. The van der Waals surface area contributed by atoms with E-state index in [0.29, 0.717) is 40.7 Å². The van der Waals surface area contributed by atoms with Crippen LogP contribution in [-0.2, 0) is 14.3 Å². The number of ether oxygens (including phenoxy) is 2. The molecule has 39 heavy (non-hydrogen) atoms. The van der Waals surface area contributed by atoms with Crippen molar-refractivity contribution in [3.05, 3.63) is 94.8 Å². The van der Waals surface area contributed by atoms with E-state index in [-0.39, 0.29) is 17.4 Å². The van der Waals surface area contributed by atoms with Crippen LogP contribution in [0.15, 0.2) is 72.6 Å². The van der Waals surface area contributed by atoms with Crippen LogP contribution in [0.4, 0.5) is 5.69 Å². The Morgan fingerprint density at radius 1 is 0.974 bits per heavy atom. The molecule has 3 aromatic rings. The van der Waals surface area contributed by atoms with Gasteiger partial charge in [0.2, 0.25) is 0 Å². The number of carbonyl (C=O) groups excluding carboxylic acids is 3. The number of aliphatic hydroxyl groups excluding tert-OH is 1. The Labute approximate surface area is 227 Å². The Bertz CT molecular complexity index is 1410. The second-order valence-electron chi connectivity index (χ2n) is 10.1.